The Morgan fingerprint density at radius 3 is 2.38 bits per heavy atom. The van der Waals surface area contributed by atoms with Crippen LogP contribution in [0.15, 0.2) is 89.6 Å². The quantitative estimate of drug-likeness (QED) is 0.210. The van der Waals surface area contributed by atoms with Crippen molar-refractivity contribution in [2.45, 2.75) is 19.4 Å². The fourth-order valence-electron chi connectivity index (χ4n) is 6.15. The van der Waals surface area contributed by atoms with Gasteiger partial charge in [0.05, 0.1) is 18.5 Å². The first-order valence-corrected chi connectivity index (χ1v) is 15.6. The molecular weight excluding hydrogens is 594 g/mol. The second kappa shape index (κ2) is 11.8. The molecule has 0 unspecified atom stereocenters. The van der Waals surface area contributed by atoms with Crippen molar-refractivity contribution in [3.63, 3.8) is 0 Å². The van der Waals surface area contributed by atoms with E-state index in [9.17, 15) is 14.7 Å². The van der Waals surface area contributed by atoms with Crippen molar-refractivity contribution in [3.05, 3.63) is 107 Å². The summed E-state index contributed by atoms with van der Waals surface area (Å²) in [6.45, 7) is 4.20. The number of carboxylic acids is 1. The minimum Gasteiger partial charge on any atom is -0.545 e. The lowest BCUT2D eigenvalue weighted by atomic mass is 9.89. The van der Waals surface area contributed by atoms with Gasteiger partial charge in [-0.1, -0.05) is 30.3 Å². The molecule has 3 aliphatic heterocycles. The standard InChI is InChI=1S/C36H29N7O4/c44-35(37-20-22-3-5-23(6-4-22)34-40-38-21-39-41-34)24-7-10-27(36(45)46)30(17-24)33-28-11-8-25(42-13-1-14-42)18-31(28)47-32-19-26(9-12-29(32)33)43-15-2-16-43/h3-12,17-19,21H,1-2,13-16,20H2,(H-,37,44,45,46). The van der Waals surface area contributed by atoms with Gasteiger partial charge < -0.3 is 24.5 Å². The molecule has 1 aromatic heterocycles. The van der Waals surface area contributed by atoms with Gasteiger partial charge in [0.15, 0.2) is 6.33 Å². The molecule has 2 saturated heterocycles. The van der Waals surface area contributed by atoms with Gasteiger partial charge >= 0.3 is 0 Å². The van der Waals surface area contributed by atoms with Crippen LogP contribution in [-0.4, -0.2) is 58.5 Å². The van der Waals surface area contributed by atoms with Gasteiger partial charge in [-0.05, 0) is 47.9 Å². The van der Waals surface area contributed by atoms with E-state index in [1.807, 2.05) is 60.7 Å². The number of aromatic nitrogens is 4. The second-order valence-corrected chi connectivity index (χ2v) is 11.8. The van der Waals surface area contributed by atoms with Gasteiger partial charge in [0, 0.05) is 70.7 Å². The Hall–Kier alpha value is -5.97. The van der Waals surface area contributed by atoms with E-state index in [0.29, 0.717) is 33.9 Å². The molecule has 4 heterocycles. The Kier molecular flexibility index (Phi) is 7.13. The van der Waals surface area contributed by atoms with Crippen LogP contribution in [0.4, 0.5) is 5.69 Å². The highest BCUT2D eigenvalue weighted by Crippen LogP contribution is 2.42. The first-order valence-electron chi connectivity index (χ1n) is 15.6. The molecule has 11 heteroatoms. The fraction of sp³-hybridized carbons (Fsp3) is 0.194. The Labute approximate surface area is 269 Å². The average molecular weight is 624 g/mol. The number of nitrogens with zero attached hydrogens (tertiary/aromatic N) is 6. The zero-order valence-electron chi connectivity index (χ0n) is 25.3. The summed E-state index contributed by atoms with van der Waals surface area (Å²) < 4.78 is 8.80. The third-order valence-electron chi connectivity index (χ3n) is 8.98. The van der Waals surface area contributed by atoms with Crippen LogP contribution < -0.4 is 25.3 Å². The van der Waals surface area contributed by atoms with Crippen molar-refractivity contribution in [1.29, 1.82) is 0 Å². The van der Waals surface area contributed by atoms with E-state index >= 15 is 0 Å². The molecule has 0 bridgehead atoms. The second-order valence-electron chi connectivity index (χ2n) is 11.8. The van der Waals surface area contributed by atoms with Crippen molar-refractivity contribution in [2.24, 2.45) is 0 Å². The van der Waals surface area contributed by atoms with E-state index in [2.05, 4.69) is 35.2 Å². The van der Waals surface area contributed by atoms with Crippen LogP contribution in [0.25, 0.3) is 44.8 Å². The minimum absolute atomic E-state index is 0.00307. The molecule has 11 nitrogen and oxygen atoms in total. The van der Waals surface area contributed by atoms with Crippen LogP contribution in [-0.2, 0) is 6.54 Å². The van der Waals surface area contributed by atoms with Gasteiger partial charge in [0.25, 0.3) is 5.91 Å². The first kappa shape index (κ1) is 28.5. The molecule has 0 radical (unpaired) electrons. The Morgan fingerprint density at radius 2 is 1.68 bits per heavy atom. The number of carbonyl (C=O) groups excluding carboxylic acids is 2. The van der Waals surface area contributed by atoms with E-state index in [1.165, 1.54) is 18.5 Å². The van der Waals surface area contributed by atoms with Crippen LogP contribution in [0.5, 0.6) is 0 Å². The molecule has 4 aliphatic rings. The van der Waals surface area contributed by atoms with Gasteiger partial charge in [-0.2, -0.15) is 0 Å². The number of hydrogen-bond donors (Lipinski definition) is 1. The predicted molar refractivity (Wildman–Crippen MR) is 173 cm³/mol. The molecule has 1 N–H and O–H groups in total. The molecule has 0 saturated carbocycles. The number of nitrogens with one attached hydrogen (secondary N) is 1. The monoisotopic (exact) mass is 623 g/mol. The zero-order chi connectivity index (χ0) is 31.9. The molecule has 1 amide bonds. The normalized spacial score (nSPS) is 14.1. The highest BCUT2D eigenvalue weighted by atomic mass is 16.4. The maximum atomic E-state index is 13.5. The average Bonchev–Trinajstić information content (AvgIpc) is 3.05. The van der Waals surface area contributed by atoms with E-state index in [1.54, 1.807) is 6.07 Å². The van der Waals surface area contributed by atoms with Crippen LogP contribution in [0.3, 0.4) is 0 Å². The highest BCUT2D eigenvalue weighted by Gasteiger charge is 2.24. The van der Waals surface area contributed by atoms with Crippen molar-refractivity contribution in [1.82, 2.24) is 30.3 Å². The summed E-state index contributed by atoms with van der Waals surface area (Å²) in [6.07, 6.45) is 3.56. The molecule has 232 valence electrons. The lowest BCUT2D eigenvalue weighted by Gasteiger charge is -2.33. The topological polar surface area (TPSA) is 140 Å². The largest absolute Gasteiger partial charge is 0.545 e. The third-order valence-corrected chi connectivity index (χ3v) is 8.98. The number of benzene rings is 4. The van der Waals surface area contributed by atoms with E-state index in [0.717, 1.165) is 72.1 Å². The van der Waals surface area contributed by atoms with E-state index < -0.39 is 5.97 Å². The summed E-state index contributed by atoms with van der Waals surface area (Å²) >= 11 is 0. The Bertz CT molecular complexity index is 2200. The zero-order valence-corrected chi connectivity index (χ0v) is 25.3. The Balaban J connectivity index is 1.18. The molecule has 4 aromatic rings. The number of hydrogen-bond acceptors (Lipinski definition) is 9. The SMILES string of the molecule is O=C(NCc1ccc(-c2nncnn2)cc1)c1ccc(C(=O)[O-])c(-c2c3ccc(=[N+]4CCC4)cc-3oc3cc(N4CCC4)ccc23)c1. The van der Waals surface area contributed by atoms with Crippen molar-refractivity contribution in [3.8, 4) is 33.8 Å². The molecule has 3 aromatic carbocycles. The summed E-state index contributed by atoms with van der Waals surface area (Å²) in [5.74, 6) is -0.607. The molecule has 47 heavy (non-hydrogen) atoms. The van der Waals surface area contributed by atoms with Gasteiger partial charge in [0.2, 0.25) is 11.2 Å². The lowest BCUT2D eigenvalue weighted by Crippen LogP contribution is -2.40. The van der Waals surface area contributed by atoms with Gasteiger partial charge in [-0.3, -0.25) is 4.79 Å². The molecule has 1 aliphatic carbocycles. The number of carbonyl (C=O) groups is 2. The van der Waals surface area contributed by atoms with Gasteiger partial charge in [-0.15, -0.1) is 20.4 Å². The summed E-state index contributed by atoms with van der Waals surface area (Å²) in [5, 5.41) is 32.7. The molecule has 0 atom stereocenters. The number of carboxylic acid groups (broad SMARTS) is 1. The van der Waals surface area contributed by atoms with Gasteiger partial charge in [0.1, 0.15) is 24.4 Å². The predicted octanol–water partition coefficient (Wildman–Crippen LogP) is 3.13. The number of amides is 1. The summed E-state index contributed by atoms with van der Waals surface area (Å²) in [5.41, 5.74) is 5.48. The first-order chi connectivity index (χ1) is 23.0. The van der Waals surface area contributed by atoms with Crippen LogP contribution >= 0.6 is 0 Å². The highest BCUT2D eigenvalue weighted by molar-refractivity contribution is 6.09. The lowest BCUT2D eigenvalue weighted by molar-refractivity contribution is -0.254. The molecule has 2 fully saturated rings. The summed E-state index contributed by atoms with van der Waals surface area (Å²) in [7, 11) is 0. The van der Waals surface area contributed by atoms with Crippen LogP contribution in [0.1, 0.15) is 39.1 Å². The fourth-order valence-corrected chi connectivity index (χ4v) is 6.15. The van der Waals surface area contributed by atoms with Crippen molar-refractivity contribution in [2.75, 3.05) is 31.1 Å². The molecular formula is C36H29N7O4. The maximum absolute atomic E-state index is 13.5. The number of fused-ring (bicyclic) bond motifs is 2. The van der Waals surface area contributed by atoms with E-state index in [-0.39, 0.29) is 18.0 Å². The number of rotatable bonds is 7. The van der Waals surface area contributed by atoms with E-state index in [4.69, 9.17) is 4.42 Å². The van der Waals surface area contributed by atoms with Crippen molar-refractivity contribution < 1.29 is 19.1 Å². The maximum Gasteiger partial charge on any atom is 0.251 e. The minimum atomic E-state index is -1.32. The third kappa shape index (κ3) is 5.35. The molecule has 0 spiro atoms. The van der Waals surface area contributed by atoms with Crippen LogP contribution in [0, 0.1) is 0 Å². The smallest absolute Gasteiger partial charge is 0.251 e. The van der Waals surface area contributed by atoms with Gasteiger partial charge in [-0.25, -0.2) is 4.58 Å². The summed E-state index contributed by atoms with van der Waals surface area (Å²) in [6, 6.07) is 24.1. The van der Waals surface area contributed by atoms with Crippen LogP contribution in [0.2, 0.25) is 0 Å². The molecule has 8 rings (SSSR count). The number of aromatic carboxylic acids is 1. The Morgan fingerprint density at radius 1 is 0.872 bits per heavy atom. The summed E-state index contributed by atoms with van der Waals surface area (Å²) in [4.78, 5) is 28.3. The van der Waals surface area contributed by atoms with Crippen molar-refractivity contribution >= 4 is 28.5 Å². The number of anilines is 1.